The lowest BCUT2D eigenvalue weighted by molar-refractivity contribution is -0.308. The fourth-order valence-corrected chi connectivity index (χ4v) is 9.71. The first-order chi connectivity index (χ1) is 25.2. The van der Waals surface area contributed by atoms with E-state index in [-0.39, 0.29) is 11.1 Å². The van der Waals surface area contributed by atoms with Gasteiger partial charge in [-0.05, 0) is 24.6 Å². The lowest BCUT2D eigenvalue weighted by Gasteiger charge is -2.66. The maximum absolute atomic E-state index is 14.6. The van der Waals surface area contributed by atoms with Gasteiger partial charge < -0.3 is 43.4 Å². The Morgan fingerprint density at radius 2 is 1.39 bits per heavy atom. The molecule has 1 heterocycles. The van der Waals surface area contributed by atoms with Crippen LogP contribution in [0.4, 0.5) is 0 Å². The second kappa shape index (κ2) is 14.5. The Labute approximate surface area is 311 Å². The fraction of sp³-hybridized carbons (Fsp3) is 0.605. The summed E-state index contributed by atoms with van der Waals surface area (Å²) in [7, 11) is 0. The van der Waals surface area contributed by atoms with E-state index in [4.69, 9.17) is 33.2 Å². The predicted molar refractivity (Wildman–Crippen MR) is 181 cm³/mol. The number of carbonyl (C=O) groups is 7. The van der Waals surface area contributed by atoms with Gasteiger partial charge in [-0.1, -0.05) is 31.7 Å². The summed E-state index contributed by atoms with van der Waals surface area (Å²) in [6.07, 6.45) is -9.03. The van der Waals surface area contributed by atoms with Crippen molar-refractivity contribution in [3.05, 3.63) is 48.0 Å². The van der Waals surface area contributed by atoms with Crippen LogP contribution in [0.5, 0.6) is 0 Å². The highest BCUT2D eigenvalue weighted by Crippen LogP contribution is 2.68. The van der Waals surface area contributed by atoms with Crippen molar-refractivity contribution in [1.29, 1.82) is 0 Å². The van der Waals surface area contributed by atoms with Gasteiger partial charge in [0.2, 0.25) is 0 Å². The normalized spacial score (nSPS) is 38.1. The van der Waals surface area contributed by atoms with Gasteiger partial charge in [-0.2, -0.15) is 0 Å². The van der Waals surface area contributed by atoms with Crippen LogP contribution in [0, 0.1) is 28.6 Å². The Hall–Kier alpha value is -4.67. The number of ether oxygens (including phenoxy) is 7. The van der Waals surface area contributed by atoms with Gasteiger partial charge in [-0.3, -0.25) is 28.8 Å². The first-order valence-electron chi connectivity index (χ1n) is 17.5. The largest absolute Gasteiger partial charge is 0.462 e. The third kappa shape index (κ3) is 6.17. The van der Waals surface area contributed by atoms with E-state index in [2.05, 4.69) is 6.58 Å². The van der Waals surface area contributed by atoms with Crippen molar-refractivity contribution in [2.45, 2.75) is 96.6 Å². The van der Waals surface area contributed by atoms with E-state index < -0.39 is 138 Å². The maximum Gasteiger partial charge on any atom is 0.338 e. The van der Waals surface area contributed by atoms with E-state index in [1.807, 2.05) is 0 Å². The van der Waals surface area contributed by atoms with Crippen molar-refractivity contribution in [3.63, 3.8) is 0 Å². The highest BCUT2D eigenvalue weighted by Gasteiger charge is 2.85. The summed E-state index contributed by atoms with van der Waals surface area (Å²) in [5.74, 6) is -10.8. The number of aliphatic hydroxyl groups excluding tert-OH is 1. The summed E-state index contributed by atoms with van der Waals surface area (Å²) in [5.41, 5.74) is -8.82. The van der Waals surface area contributed by atoms with Crippen LogP contribution in [-0.4, -0.2) is 113 Å². The number of benzene rings is 1. The summed E-state index contributed by atoms with van der Waals surface area (Å²) in [4.78, 5) is 93.6. The summed E-state index contributed by atoms with van der Waals surface area (Å²) < 4.78 is 41.9. The van der Waals surface area contributed by atoms with Crippen LogP contribution in [0.3, 0.4) is 0 Å². The molecule has 4 bridgehead atoms. The SMILES string of the molecule is C=C1[C@@H](OC(C)=O)C[C@H](OC(C)=O)[C@@]2(COC(=O)c3ccccc3)[C@@H](OC(C)=O)[C@H](OC(C)=O)[C@]3(O)[C@@]4(C)CO[C@]3(C)C(=O)C(CO)[C@H]4[C@@H](OC(C)=O)[C@H]12. The first-order valence-corrected chi connectivity index (χ1v) is 17.5. The highest BCUT2D eigenvalue weighted by molar-refractivity contribution is 5.94. The Morgan fingerprint density at radius 1 is 0.833 bits per heavy atom. The molecule has 12 atom stereocenters. The minimum absolute atomic E-state index is 0.0141. The zero-order valence-electron chi connectivity index (χ0n) is 31.2. The average Bonchev–Trinajstić information content (AvgIpc) is 3.24. The number of fused-ring (bicyclic) bond motifs is 1. The molecule has 294 valence electrons. The quantitative estimate of drug-likeness (QED) is 0.206. The zero-order chi connectivity index (χ0) is 40.1. The summed E-state index contributed by atoms with van der Waals surface area (Å²) in [6.45, 7) is 10.2. The molecule has 0 radical (unpaired) electrons. The molecule has 16 heteroatoms. The lowest BCUT2D eigenvalue weighted by Crippen LogP contribution is -2.82. The molecule has 1 aromatic rings. The minimum atomic E-state index is -2.64. The van der Waals surface area contributed by atoms with Gasteiger partial charge >= 0.3 is 35.8 Å². The number of Topliss-reactive ketones (excluding diaryl/α,β-unsaturated/α-hetero) is 1. The summed E-state index contributed by atoms with van der Waals surface area (Å²) in [6, 6.07) is 7.75. The molecule has 3 saturated carbocycles. The Kier molecular flexibility index (Phi) is 10.9. The topological polar surface area (TPSA) is 225 Å². The average molecular weight is 759 g/mol. The number of rotatable bonds is 9. The van der Waals surface area contributed by atoms with Crippen LogP contribution >= 0.6 is 0 Å². The number of esters is 6. The number of ketones is 1. The third-order valence-electron chi connectivity index (χ3n) is 11.7. The standard InChI is InChI=1S/C38H46O16/c1-18-26(50-19(2)40)14-27(51-20(3)41)37(17-48-34(46)24-12-10-9-11-13-24)28(18)30(52-21(4)42)29-25(15-39)31(45)36(8)38(47,35(29,7)16-49-36)33(54-23(6)44)32(37)53-22(5)43/h9-13,25-30,32-33,39,47H,1,14-17H2,2-8H3/t25?,26-,27-,28-,29-,30-,32-,33-,35-,36+,37+,38-/m0/s1. The first kappa shape index (κ1) is 40.5. The molecule has 2 N–H and O–H groups in total. The van der Waals surface area contributed by atoms with E-state index >= 15 is 0 Å². The second-order valence-electron chi connectivity index (χ2n) is 14.9. The van der Waals surface area contributed by atoms with Crippen LogP contribution < -0.4 is 0 Å². The van der Waals surface area contributed by atoms with E-state index in [1.54, 1.807) is 18.2 Å². The lowest BCUT2D eigenvalue weighted by atomic mass is 9.41. The van der Waals surface area contributed by atoms with E-state index in [9.17, 15) is 43.8 Å². The second-order valence-corrected chi connectivity index (χ2v) is 14.9. The number of hydrogen-bond donors (Lipinski definition) is 2. The van der Waals surface area contributed by atoms with E-state index in [1.165, 1.54) is 26.0 Å². The van der Waals surface area contributed by atoms with Crippen molar-refractivity contribution in [1.82, 2.24) is 0 Å². The van der Waals surface area contributed by atoms with Gasteiger partial charge in [0, 0.05) is 58.3 Å². The van der Waals surface area contributed by atoms with Crippen LogP contribution in [0.25, 0.3) is 0 Å². The molecule has 54 heavy (non-hydrogen) atoms. The molecule has 4 aliphatic rings. The van der Waals surface area contributed by atoms with Crippen molar-refractivity contribution in [3.8, 4) is 0 Å². The van der Waals surface area contributed by atoms with Crippen LogP contribution in [0.15, 0.2) is 42.5 Å². The van der Waals surface area contributed by atoms with Crippen molar-refractivity contribution < 1.29 is 76.9 Å². The van der Waals surface area contributed by atoms with Gasteiger partial charge in [0.15, 0.2) is 23.6 Å². The van der Waals surface area contributed by atoms with E-state index in [0.29, 0.717) is 0 Å². The number of aliphatic hydroxyl groups is 2. The minimum Gasteiger partial charge on any atom is -0.462 e. The van der Waals surface area contributed by atoms with Crippen LogP contribution in [0.1, 0.15) is 65.2 Å². The van der Waals surface area contributed by atoms with Crippen molar-refractivity contribution >= 4 is 41.6 Å². The molecular weight excluding hydrogens is 712 g/mol. The molecule has 4 fully saturated rings. The van der Waals surface area contributed by atoms with Crippen LogP contribution in [-0.2, 0) is 61.9 Å². The van der Waals surface area contributed by atoms with E-state index in [0.717, 1.165) is 34.6 Å². The van der Waals surface area contributed by atoms with Gasteiger partial charge in [-0.25, -0.2) is 4.79 Å². The summed E-state index contributed by atoms with van der Waals surface area (Å²) in [5, 5.41) is 24.3. The molecule has 0 amide bonds. The predicted octanol–water partition coefficient (Wildman–Crippen LogP) is 1.41. The van der Waals surface area contributed by atoms with Crippen molar-refractivity contribution in [2.24, 2.45) is 28.6 Å². The maximum atomic E-state index is 14.6. The van der Waals surface area contributed by atoms with Gasteiger partial charge in [0.1, 0.15) is 30.5 Å². The highest BCUT2D eigenvalue weighted by atomic mass is 16.6. The Balaban J connectivity index is 1.97. The monoisotopic (exact) mass is 758 g/mol. The fourth-order valence-electron chi connectivity index (χ4n) is 9.71. The smallest absolute Gasteiger partial charge is 0.338 e. The molecule has 1 unspecified atom stereocenters. The molecule has 16 nitrogen and oxygen atoms in total. The van der Waals surface area contributed by atoms with Gasteiger partial charge in [-0.15, -0.1) is 0 Å². The molecule has 5 rings (SSSR count). The summed E-state index contributed by atoms with van der Waals surface area (Å²) >= 11 is 0. The molecule has 0 spiro atoms. The molecule has 1 saturated heterocycles. The Morgan fingerprint density at radius 3 is 1.93 bits per heavy atom. The molecule has 3 aliphatic carbocycles. The number of carbonyl (C=O) groups excluding carboxylic acids is 7. The number of hydrogen-bond acceptors (Lipinski definition) is 16. The van der Waals surface area contributed by atoms with Gasteiger partial charge in [0.05, 0.1) is 30.1 Å². The molecule has 0 aromatic heterocycles. The third-order valence-corrected chi connectivity index (χ3v) is 11.7. The Bertz CT molecular complexity index is 1740. The molecule has 1 aromatic carbocycles. The zero-order valence-corrected chi connectivity index (χ0v) is 31.2. The van der Waals surface area contributed by atoms with Gasteiger partial charge in [0.25, 0.3) is 0 Å². The molecule has 1 aliphatic heterocycles. The van der Waals surface area contributed by atoms with Crippen molar-refractivity contribution in [2.75, 3.05) is 19.8 Å². The molecular formula is C38H46O16. The van der Waals surface area contributed by atoms with Crippen LogP contribution in [0.2, 0.25) is 0 Å².